The summed E-state index contributed by atoms with van der Waals surface area (Å²) in [5, 5.41) is 14.1. The summed E-state index contributed by atoms with van der Waals surface area (Å²) >= 11 is 1.67. The molecule has 0 bridgehead atoms. The standard InChI is InChI=1S/C16H12N4S.BrH/c1-3-7-12(8-4-1)14-11-21-16-18-17-15(20(16)19-14)13-9-5-2-6-10-13;/h1-10H,11H2;1H. The summed E-state index contributed by atoms with van der Waals surface area (Å²) in [5.41, 5.74) is 3.21. The first-order valence-electron chi connectivity index (χ1n) is 6.69. The highest BCUT2D eigenvalue weighted by Gasteiger charge is 2.20. The van der Waals surface area contributed by atoms with Gasteiger partial charge in [-0.15, -0.1) is 27.2 Å². The van der Waals surface area contributed by atoms with E-state index in [1.807, 2.05) is 53.2 Å². The van der Waals surface area contributed by atoms with Gasteiger partial charge >= 0.3 is 0 Å². The van der Waals surface area contributed by atoms with Crippen LogP contribution in [-0.4, -0.2) is 26.3 Å². The van der Waals surface area contributed by atoms with Gasteiger partial charge in [-0.3, -0.25) is 0 Å². The molecule has 0 unspecified atom stereocenters. The van der Waals surface area contributed by atoms with E-state index in [4.69, 9.17) is 5.10 Å². The van der Waals surface area contributed by atoms with Crippen LogP contribution in [0.2, 0.25) is 0 Å². The molecule has 4 nitrogen and oxygen atoms in total. The Hall–Kier alpha value is -1.92. The number of fused-ring (bicyclic) bond motifs is 1. The SMILES string of the molecule is Br.c1ccc(C2=Nn3c(nnc3-c3ccccc3)SC2)cc1. The highest BCUT2D eigenvalue weighted by molar-refractivity contribution is 8.93. The molecule has 1 aliphatic rings. The Morgan fingerprint density at radius 3 is 2.14 bits per heavy atom. The van der Waals surface area contributed by atoms with Crippen molar-refractivity contribution in [1.29, 1.82) is 0 Å². The third-order valence-electron chi connectivity index (χ3n) is 3.31. The van der Waals surface area contributed by atoms with Gasteiger partial charge in [0.25, 0.3) is 0 Å². The second-order valence-corrected chi connectivity index (χ2v) is 5.63. The first-order valence-corrected chi connectivity index (χ1v) is 7.67. The van der Waals surface area contributed by atoms with E-state index in [0.717, 1.165) is 33.6 Å². The lowest BCUT2D eigenvalue weighted by Crippen LogP contribution is -2.13. The second-order valence-electron chi connectivity index (χ2n) is 4.69. The molecule has 0 spiro atoms. The van der Waals surface area contributed by atoms with Crippen LogP contribution in [0.5, 0.6) is 0 Å². The zero-order valence-corrected chi connectivity index (χ0v) is 14.1. The normalized spacial score (nSPS) is 13.0. The summed E-state index contributed by atoms with van der Waals surface area (Å²) < 4.78 is 1.84. The summed E-state index contributed by atoms with van der Waals surface area (Å²) in [6, 6.07) is 20.3. The minimum Gasteiger partial charge on any atom is -0.187 e. The van der Waals surface area contributed by atoms with E-state index in [1.165, 1.54) is 0 Å². The van der Waals surface area contributed by atoms with Crippen molar-refractivity contribution in [3.8, 4) is 11.4 Å². The third-order valence-corrected chi connectivity index (χ3v) is 4.24. The monoisotopic (exact) mass is 372 g/mol. The smallest absolute Gasteiger partial charge is 0.187 e. The van der Waals surface area contributed by atoms with Crippen LogP contribution in [0, 0.1) is 0 Å². The molecule has 22 heavy (non-hydrogen) atoms. The van der Waals surface area contributed by atoms with E-state index in [-0.39, 0.29) is 17.0 Å². The molecule has 0 amide bonds. The number of hydrogen-bond acceptors (Lipinski definition) is 4. The lowest BCUT2D eigenvalue weighted by atomic mass is 10.1. The zero-order chi connectivity index (χ0) is 14.1. The highest BCUT2D eigenvalue weighted by Crippen LogP contribution is 2.28. The van der Waals surface area contributed by atoms with Gasteiger partial charge in [-0.05, 0) is 5.56 Å². The molecule has 2 heterocycles. The Morgan fingerprint density at radius 1 is 0.818 bits per heavy atom. The van der Waals surface area contributed by atoms with Crippen LogP contribution in [0.3, 0.4) is 0 Å². The Bertz CT molecular complexity index is 800. The number of thioether (sulfide) groups is 1. The van der Waals surface area contributed by atoms with Crippen molar-refractivity contribution in [2.45, 2.75) is 5.16 Å². The fraction of sp³-hybridized carbons (Fsp3) is 0.0625. The van der Waals surface area contributed by atoms with Gasteiger partial charge in [0.1, 0.15) is 0 Å². The first-order chi connectivity index (χ1) is 10.4. The fourth-order valence-electron chi connectivity index (χ4n) is 2.27. The maximum Gasteiger partial charge on any atom is 0.212 e. The molecule has 0 aliphatic carbocycles. The summed E-state index contributed by atoms with van der Waals surface area (Å²) in [4.78, 5) is 0. The second kappa shape index (κ2) is 6.46. The van der Waals surface area contributed by atoms with Crippen LogP contribution in [0.25, 0.3) is 11.4 Å². The maximum atomic E-state index is 4.74. The minimum absolute atomic E-state index is 0. The fourth-order valence-corrected chi connectivity index (χ4v) is 3.11. The van der Waals surface area contributed by atoms with Gasteiger partial charge in [0, 0.05) is 11.3 Å². The van der Waals surface area contributed by atoms with E-state index in [0.29, 0.717) is 0 Å². The summed E-state index contributed by atoms with van der Waals surface area (Å²) in [6.07, 6.45) is 0. The van der Waals surface area contributed by atoms with Crippen molar-refractivity contribution in [3.63, 3.8) is 0 Å². The van der Waals surface area contributed by atoms with Crippen molar-refractivity contribution in [2.75, 3.05) is 5.75 Å². The van der Waals surface area contributed by atoms with Crippen LogP contribution >= 0.6 is 28.7 Å². The van der Waals surface area contributed by atoms with Crippen molar-refractivity contribution >= 4 is 34.5 Å². The Balaban J connectivity index is 0.00000144. The Kier molecular flexibility index (Phi) is 4.40. The van der Waals surface area contributed by atoms with Gasteiger partial charge in [-0.2, -0.15) is 9.78 Å². The highest BCUT2D eigenvalue weighted by atomic mass is 79.9. The van der Waals surface area contributed by atoms with E-state index < -0.39 is 0 Å². The van der Waals surface area contributed by atoms with E-state index in [2.05, 4.69) is 22.3 Å². The van der Waals surface area contributed by atoms with Crippen LogP contribution in [-0.2, 0) is 0 Å². The molecule has 0 atom stereocenters. The van der Waals surface area contributed by atoms with E-state index in [1.54, 1.807) is 11.8 Å². The van der Waals surface area contributed by atoms with Crippen LogP contribution in [0.15, 0.2) is 70.9 Å². The quantitative estimate of drug-likeness (QED) is 0.685. The van der Waals surface area contributed by atoms with Crippen molar-refractivity contribution in [3.05, 3.63) is 66.2 Å². The molecule has 0 radical (unpaired) electrons. The largest absolute Gasteiger partial charge is 0.212 e. The summed E-state index contributed by atoms with van der Waals surface area (Å²) in [5.74, 6) is 1.60. The number of benzene rings is 2. The lowest BCUT2D eigenvalue weighted by molar-refractivity contribution is 0.762. The molecule has 0 saturated carbocycles. The van der Waals surface area contributed by atoms with Gasteiger partial charge in [-0.1, -0.05) is 72.4 Å². The number of halogens is 1. The maximum absolute atomic E-state index is 4.74. The van der Waals surface area contributed by atoms with E-state index >= 15 is 0 Å². The molecule has 110 valence electrons. The van der Waals surface area contributed by atoms with Gasteiger partial charge in [0.05, 0.1) is 5.71 Å². The molecule has 1 aliphatic heterocycles. The van der Waals surface area contributed by atoms with Gasteiger partial charge in [-0.25, -0.2) is 0 Å². The molecule has 0 N–H and O–H groups in total. The van der Waals surface area contributed by atoms with E-state index in [9.17, 15) is 0 Å². The zero-order valence-electron chi connectivity index (χ0n) is 11.6. The average Bonchev–Trinajstić information content (AvgIpc) is 2.99. The Morgan fingerprint density at radius 2 is 1.45 bits per heavy atom. The van der Waals surface area contributed by atoms with Crippen LogP contribution in [0.1, 0.15) is 5.56 Å². The number of rotatable bonds is 2. The Labute approximate surface area is 143 Å². The molecular weight excluding hydrogens is 360 g/mol. The predicted octanol–water partition coefficient (Wildman–Crippen LogP) is 3.88. The molecule has 0 saturated heterocycles. The molecule has 4 rings (SSSR count). The topological polar surface area (TPSA) is 43.1 Å². The number of hydrogen-bond donors (Lipinski definition) is 0. The molecule has 2 aromatic carbocycles. The molecule has 3 aromatic rings. The van der Waals surface area contributed by atoms with Crippen molar-refractivity contribution < 1.29 is 0 Å². The molecule has 0 fully saturated rings. The number of aromatic nitrogens is 3. The molecular formula is C16H13BrN4S. The van der Waals surface area contributed by atoms with Gasteiger partial charge < -0.3 is 0 Å². The average molecular weight is 373 g/mol. The number of nitrogens with zero attached hydrogens (tertiary/aromatic N) is 4. The molecule has 1 aromatic heterocycles. The van der Waals surface area contributed by atoms with Crippen LogP contribution in [0.4, 0.5) is 0 Å². The third kappa shape index (κ3) is 2.71. The van der Waals surface area contributed by atoms with Crippen LogP contribution < -0.4 is 0 Å². The van der Waals surface area contributed by atoms with Gasteiger partial charge in [0.2, 0.25) is 5.16 Å². The minimum atomic E-state index is 0. The first kappa shape index (κ1) is 15.0. The molecule has 6 heteroatoms. The summed E-state index contributed by atoms with van der Waals surface area (Å²) in [6.45, 7) is 0. The summed E-state index contributed by atoms with van der Waals surface area (Å²) in [7, 11) is 0. The van der Waals surface area contributed by atoms with Crippen molar-refractivity contribution in [2.24, 2.45) is 5.10 Å². The lowest BCUT2D eigenvalue weighted by Gasteiger charge is -2.13. The predicted molar refractivity (Wildman–Crippen MR) is 94.9 cm³/mol. The van der Waals surface area contributed by atoms with Crippen molar-refractivity contribution in [1.82, 2.24) is 14.9 Å². The van der Waals surface area contributed by atoms with Gasteiger partial charge in [0.15, 0.2) is 5.82 Å².